The zero-order valence-electron chi connectivity index (χ0n) is 11.5. The van der Waals surface area contributed by atoms with Gasteiger partial charge in [0.2, 0.25) is 5.89 Å². The summed E-state index contributed by atoms with van der Waals surface area (Å²) in [4.78, 5) is 28.3. The molecule has 2 aromatic rings. The SMILES string of the molecule is Cc1noc(CNC(=O)N(C)c2ccccc2C(=O)O)n1. The van der Waals surface area contributed by atoms with Crippen molar-refractivity contribution in [2.75, 3.05) is 11.9 Å². The van der Waals surface area contributed by atoms with Crippen molar-refractivity contribution in [1.29, 1.82) is 0 Å². The van der Waals surface area contributed by atoms with E-state index in [0.717, 1.165) is 0 Å². The molecule has 0 fully saturated rings. The molecule has 0 saturated heterocycles. The Bertz CT molecular complexity index is 668. The standard InChI is InChI=1S/C13H14N4O4/c1-8-15-11(21-16-8)7-14-13(20)17(2)10-6-4-3-5-9(10)12(18)19/h3-6H,7H2,1-2H3,(H,14,20)(H,18,19). The Labute approximate surface area is 120 Å². The number of amides is 2. The third-order valence-electron chi connectivity index (χ3n) is 2.76. The van der Waals surface area contributed by atoms with E-state index in [0.29, 0.717) is 11.5 Å². The number of para-hydroxylation sites is 1. The number of carbonyl (C=O) groups is 2. The average Bonchev–Trinajstić information content (AvgIpc) is 2.89. The Hall–Kier alpha value is -2.90. The molecule has 0 aliphatic carbocycles. The van der Waals surface area contributed by atoms with Crippen LogP contribution < -0.4 is 10.2 Å². The number of benzene rings is 1. The molecule has 8 heteroatoms. The summed E-state index contributed by atoms with van der Waals surface area (Å²) in [6.07, 6.45) is 0. The number of carboxylic acids is 1. The first-order chi connectivity index (χ1) is 9.99. The van der Waals surface area contributed by atoms with Gasteiger partial charge >= 0.3 is 12.0 Å². The van der Waals surface area contributed by atoms with Gasteiger partial charge in [-0.25, -0.2) is 9.59 Å². The van der Waals surface area contributed by atoms with Gasteiger partial charge in [0.1, 0.15) is 0 Å². The highest BCUT2D eigenvalue weighted by molar-refractivity contribution is 6.01. The minimum Gasteiger partial charge on any atom is -0.478 e. The van der Waals surface area contributed by atoms with Crippen LogP contribution in [0.15, 0.2) is 28.8 Å². The Kier molecular flexibility index (Phi) is 4.17. The van der Waals surface area contributed by atoms with Gasteiger partial charge in [0, 0.05) is 7.05 Å². The fraction of sp³-hybridized carbons (Fsp3) is 0.231. The maximum atomic E-state index is 12.0. The molecule has 0 radical (unpaired) electrons. The molecule has 110 valence electrons. The van der Waals surface area contributed by atoms with Crippen molar-refractivity contribution in [1.82, 2.24) is 15.5 Å². The number of rotatable bonds is 4. The highest BCUT2D eigenvalue weighted by Crippen LogP contribution is 2.19. The van der Waals surface area contributed by atoms with Crippen LogP contribution in [0.5, 0.6) is 0 Å². The molecule has 0 unspecified atom stereocenters. The molecule has 1 heterocycles. The number of hydrogen-bond donors (Lipinski definition) is 2. The third kappa shape index (κ3) is 3.35. The maximum Gasteiger partial charge on any atom is 0.337 e. The predicted octanol–water partition coefficient (Wildman–Crippen LogP) is 1.42. The molecule has 0 aliphatic heterocycles. The molecule has 2 amide bonds. The number of nitrogens with zero attached hydrogens (tertiary/aromatic N) is 3. The summed E-state index contributed by atoms with van der Waals surface area (Å²) in [7, 11) is 1.48. The van der Waals surface area contributed by atoms with E-state index in [-0.39, 0.29) is 18.0 Å². The van der Waals surface area contributed by atoms with Crippen molar-refractivity contribution in [3.05, 3.63) is 41.5 Å². The van der Waals surface area contributed by atoms with Crippen LogP contribution in [0.4, 0.5) is 10.5 Å². The smallest absolute Gasteiger partial charge is 0.337 e. The number of carboxylic acid groups (broad SMARTS) is 1. The number of aryl methyl sites for hydroxylation is 1. The first-order valence-corrected chi connectivity index (χ1v) is 6.12. The molecule has 1 aromatic heterocycles. The summed E-state index contributed by atoms with van der Waals surface area (Å²) in [6, 6.07) is 5.77. The third-order valence-corrected chi connectivity index (χ3v) is 2.76. The lowest BCUT2D eigenvalue weighted by molar-refractivity contribution is 0.0697. The van der Waals surface area contributed by atoms with Gasteiger partial charge in [-0.05, 0) is 19.1 Å². The Balaban J connectivity index is 2.07. The monoisotopic (exact) mass is 290 g/mol. The molecule has 8 nitrogen and oxygen atoms in total. The molecule has 2 N–H and O–H groups in total. The van der Waals surface area contributed by atoms with Gasteiger partial charge in [-0.15, -0.1) is 0 Å². The largest absolute Gasteiger partial charge is 0.478 e. The van der Waals surface area contributed by atoms with Crippen LogP contribution in [0.2, 0.25) is 0 Å². The number of hydrogen-bond acceptors (Lipinski definition) is 5. The summed E-state index contributed by atoms with van der Waals surface area (Å²) in [5.74, 6) is -0.345. The van der Waals surface area contributed by atoms with E-state index in [1.165, 1.54) is 18.0 Å². The Morgan fingerprint density at radius 3 is 2.71 bits per heavy atom. The van der Waals surface area contributed by atoms with E-state index in [2.05, 4.69) is 15.5 Å². The second-order valence-electron chi connectivity index (χ2n) is 4.28. The second-order valence-corrected chi connectivity index (χ2v) is 4.28. The first kappa shape index (κ1) is 14.5. The zero-order chi connectivity index (χ0) is 15.4. The van der Waals surface area contributed by atoms with Crippen LogP contribution in [-0.2, 0) is 6.54 Å². The van der Waals surface area contributed by atoms with E-state index < -0.39 is 12.0 Å². The van der Waals surface area contributed by atoms with E-state index in [1.54, 1.807) is 25.1 Å². The van der Waals surface area contributed by atoms with Crippen LogP contribution in [0.3, 0.4) is 0 Å². The lowest BCUT2D eigenvalue weighted by atomic mass is 10.1. The van der Waals surface area contributed by atoms with Crippen molar-refractivity contribution in [3.8, 4) is 0 Å². The van der Waals surface area contributed by atoms with Crippen molar-refractivity contribution in [2.24, 2.45) is 0 Å². The molecule has 0 spiro atoms. The van der Waals surface area contributed by atoms with E-state index in [9.17, 15) is 9.59 Å². The number of nitrogens with one attached hydrogen (secondary N) is 1. The number of urea groups is 1. The normalized spacial score (nSPS) is 10.2. The summed E-state index contributed by atoms with van der Waals surface area (Å²) in [5.41, 5.74) is 0.341. The van der Waals surface area contributed by atoms with Gasteiger partial charge in [0.25, 0.3) is 0 Å². The van der Waals surface area contributed by atoms with Gasteiger partial charge < -0.3 is 14.9 Å². The number of carbonyl (C=O) groups excluding carboxylic acids is 1. The van der Waals surface area contributed by atoms with Crippen LogP contribution in [0.1, 0.15) is 22.1 Å². The quantitative estimate of drug-likeness (QED) is 0.881. The molecular formula is C13H14N4O4. The molecule has 0 atom stereocenters. The molecule has 21 heavy (non-hydrogen) atoms. The summed E-state index contributed by atoms with van der Waals surface area (Å²) >= 11 is 0. The minimum atomic E-state index is -1.10. The van der Waals surface area contributed by atoms with Gasteiger partial charge in [0.05, 0.1) is 17.8 Å². The van der Waals surface area contributed by atoms with Crippen molar-refractivity contribution >= 4 is 17.7 Å². The maximum absolute atomic E-state index is 12.0. The fourth-order valence-electron chi connectivity index (χ4n) is 1.74. The van der Waals surface area contributed by atoms with Gasteiger partial charge in [-0.1, -0.05) is 17.3 Å². The Morgan fingerprint density at radius 1 is 1.38 bits per heavy atom. The number of anilines is 1. The van der Waals surface area contributed by atoms with E-state index in [4.69, 9.17) is 9.63 Å². The molecule has 1 aromatic carbocycles. The van der Waals surface area contributed by atoms with E-state index >= 15 is 0 Å². The summed E-state index contributed by atoms with van der Waals surface area (Å²) in [5, 5.41) is 15.3. The molecule has 2 rings (SSSR count). The van der Waals surface area contributed by atoms with Crippen molar-refractivity contribution < 1.29 is 19.2 Å². The van der Waals surface area contributed by atoms with Crippen molar-refractivity contribution in [3.63, 3.8) is 0 Å². The molecular weight excluding hydrogens is 276 g/mol. The topological polar surface area (TPSA) is 109 Å². The highest BCUT2D eigenvalue weighted by Gasteiger charge is 2.18. The second kappa shape index (κ2) is 6.04. The number of aromatic nitrogens is 2. The fourth-order valence-corrected chi connectivity index (χ4v) is 1.74. The van der Waals surface area contributed by atoms with Crippen LogP contribution in [-0.4, -0.2) is 34.3 Å². The number of aromatic carboxylic acids is 1. The van der Waals surface area contributed by atoms with E-state index in [1.807, 2.05) is 0 Å². The van der Waals surface area contributed by atoms with Crippen LogP contribution in [0.25, 0.3) is 0 Å². The van der Waals surface area contributed by atoms with Crippen LogP contribution in [0, 0.1) is 6.92 Å². The van der Waals surface area contributed by atoms with Gasteiger partial charge in [-0.2, -0.15) is 4.98 Å². The molecule has 0 bridgehead atoms. The average molecular weight is 290 g/mol. The molecule has 0 saturated carbocycles. The zero-order valence-corrected chi connectivity index (χ0v) is 11.5. The summed E-state index contributed by atoms with van der Waals surface area (Å²) in [6.45, 7) is 1.74. The summed E-state index contributed by atoms with van der Waals surface area (Å²) < 4.78 is 4.87. The Morgan fingerprint density at radius 2 is 2.10 bits per heavy atom. The van der Waals surface area contributed by atoms with Gasteiger partial charge in [-0.3, -0.25) is 4.90 Å². The predicted molar refractivity (Wildman–Crippen MR) is 73.1 cm³/mol. The van der Waals surface area contributed by atoms with Crippen LogP contribution >= 0.6 is 0 Å². The van der Waals surface area contributed by atoms with Gasteiger partial charge in [0.15, 0.2) is 5.82 Å². The lowest BCUT2D eigenvalue weighted by Crippen LogP contribution is -2.37. The van der Waals surface area contributed by atoms with Crippen molar-refractivity contribution in [2.45, 2.75) is 13.5 Å². The first-order valence-electron chi connectivity index (χ1n) is 6.12. The lowest BCUT2D eigenvalue weighted by Gasteiger charge is -2.19. The minimum absolute atomic E-state index is 0.0452. The highest BCUT2D eigenvalue weighted by atomic mass is 16.5. The molecule has 0 aliphatic rings.